The Morgan fingerprint density at radius 2 is 1.76 bits per heavy atom. The van der Waals surface area contributed by atoms with Gasteiger partial charge in [0.05, 0.1) is 0 Å². The van der Waals surface area contributed by atoms with Gasteiger partial charge in [-0.1, -0.05) is 18.2 Å². The second-order valence-electron chi connectivity index (χ2n) is 4.94. The van der Waals surface area contributed by atoms with Crippen molar-refractivity contribution in [2.45, 2.75) is 0 Å². The van der Waals surface area contributed by atoms with Crippen molar-refractivity contribution >= 4 is 17.4 Å². The van der Waals surface area contributed by atoms with Crippen LogP contribution in [0, 0.1) is 5.82 Å². The summed E-state index contributed by atoms with van der Waals surface area (Å²) in [7, 11) is 0. The number of benzene rings is 2. The molecule has 3 aromatic rings. The number of nitrogens with one attached hydrogen (secondary N) is 2. The first-order valence-corrected chi connectivity index (χ1v) is 7.29. The van der Waals surface area contributed by atoms with E-state index in [0.717, 1.165) is 0 Å². The van der Waals surface area contributed by atoms with E-state index in [-0.39, 0.29) is 22.9 Å². The van der Waals surface area contributed by atoms with E-state index < -0.39 is 11.7 Å². The van der Waals surface area contributed by atoms with Gasteiger partial charge in [0.15, 0.2) is 5.82 Å². The van der Waals surface area contributed by atoms with Crippen LogP contribution in [0.25, 0.3) is 0 Å². The van der Waals surface area contributed by atoms with Crippen LogP contribution >= 0.6 is 0 Å². The normalized spacial score (nSPS) is 10.1. The zero-order chi connectivity index (χ0) is 17.6. The lowest BCUT2D eigenvalue weighted by molar-refractivity contribution is 0.0962. The number of hydrogen-bond acceptors (Lipinski definition) is 6. The molecule has 25 heavy (non-hydrogen) atoms. The lowest BCUT2D eigenvalue weighted by Gasteiger charge is -2.12. The number of aromatic nitrogens is 2. The smallest absolute Gasteiger partial charge is 0.269 e. The van der Waals surface area contributed by atoms with E-state index in [4.69, 9.17) is 10.5 Å². The van der Waals surface area contributed by atoms with E-state index in [0.29, 0.717) is 5.75 Å². The first kappa shape index (κ1) is 16.2. The summed E-state index contributed by atoms with van der Waals surface area (Å²) in [5.74, 6) is 0.00104. The van der Waals surface area contributed by atoms with Crippen LogP contribution in [0.4, 0.5) is 15.9 Å². The maximum absolute atomic E-state index is 12.9. The minimum atomic E-state index is -0.469. The summed E-state index contributed by atoms with van der Waals surface area (Å²) < 4.78 is 18.5. The minimum Gasteiger partial charge on any atom is -0.437 e. The Bertz CT molecular complexity index is 872. The fourth-order valence-corrected chi connectivity index (χ4v) is 1.95. The molecule has 0 fully saturated rings. The van der Waals surface area contributed by atoms with Gasteiger partial charge < -0.3 is 10.5 Å². The van der Waals surface area contributed by atoms with Gasteiger partial charge in [-0.3, -0.25) is 15.6 Å². The highest BCUT2D eigenvalue weighted by Crippen LogP contribution is 2.28. The maximum Gasteiger partial charge on any atom is 0.269 e. The van der Waals surface area contributed by atoms with E-state index in [1.807, 2.05) is 18.2 Å². The lowest BCUT2D eigenvalue weighted by Crippen LogP contribution is -2.30. The van der Waals surface area contributed by atoms with Crippen molar-refractivity contribution in [3.05, 3.63) is 72.3 Å². The number of rotatable bonds is 5. The van der Waals surface area contributed by atoms with Gasteiger partial charge in [-0.05, 0) is 36.4 Å². The second-order valence-corrected chi connectivity index (χ2v) is 4.94. The summed E-state index contributed by atoms with van der Waals surface area (Å²) >= 11 is 0. The van der Waals surface area contributed by atoms with Crippen molar-refractivity contribution in [1.29, 1.82) is 0 Å². The maximum atomic E-state index is 12.9. The molecule has 1 heterocycles. The van der Waals surface area contributed by atoms with E-state index >= 15 is 0 Å². The van der Waals surface area contributed by atoms with Gasteiger partial charge in [0.2, 0.25) is 5.88 Å². The molecule has 8 heteroatoms. The highest BCUT2D eigenvalue weighted by molar-refractivity contribution is 5.95. The van der Waals surface area contributed by atoms with E-state index in [2.05, 4.69) is 20.8 Å². The molecule has 0 aliphatic carbocycles. The Kier molecular flexibility index (Phi) is 4.70. The summed E-state index contributed by atoms with van der Waals surface area (Å²) in [5, 5.41) is 0. The third kappa shape index (κ3) is 3.99. The highest BCUT2D eigenvalue weighted by atomic mass is 19.1. The summed E-state index contributed by atoms with van der Waals surface area (Å²) in [4.78, 5) is 19.9. The van der Waals surface area contributed by atoms with Crippen LogP contribution in [0.3, 0.4) is 0 Å². The van der Waals surface area contributed by atoms with Crippen LogP contribution in [0.5, 0.6) is 11.6 Å². The zero-order valence-corrected chi connectivity index (χ0v) is 12.9. The second kappa shape index (κ2) is 7.26. The van der Waals surface area contributed by atoms with Crippen LogP contribution in [-0.4, -0.2) is 15.9 Å². The fourth-order valence-electron chi connectivity index (χ4n) is 1.95. The molecule has 0 unspecified atom stereocenters. The van der Waals surface area contributed by atoms with Crippen molar-refractivity contribution in [3.8, 4) is 11.6 Å². The Morgan fingerprint density at radius 1 is 1.04 bits per heavy atom. The van der Waals surface area contributed by atoms with Crippen LogP contribution < -0.4 is 21.3 Å². The first-order chi connectivity index (χ1) is 12.1. The van der Waals surface area contributed by atoms with Crippen molar-refractivity contribution in [2.24, 2.45) is 0 Å². The number of amides is 1. The van der Waals surface area contributed by atoms with Gasteiger partial charge in [0, 0.05) is 5.56 Å². The van der Waals surface area contributed by atoms with Gasteiger partial charge >= 0.3 is 0 Å². The van der Waals surface area contributed by atoms with Gasteiger partial charge in [-0.2, -0.15) is 4.98 Å². The van der Waals surface area contributed by atoms with Crippen LogP contribution in [0.2, 0.25) is 0 Å². The number of carbonyl (C=O) groups is 1. The molecule has 0 saturated carbocycles. The topological polar surface area (TPSA) is 102 Å². The number of anilines is 2. The molecule has 126 valence electrons. The number of hydrogen-bond donors (Lipinski definition) is 3. The molecule has 0 radical (unpaired) electrons. The average Bonchev–Trinajstić information content (AvgIpc) is 2.63. The monoisotopic (exact) mass is 339 g/mol. The van der Waals surface area contributed by atoms with Crippen molar-refractivity contribution in [3.63, 3.8) is 0 Å². The molecule has 0 saturated heterocycles. The Balaban J connectivity index is 1.69. The Hall–Kier alpha value is -3.68. The summed E-state index contributed by atoms with van der Waals surface area (Å²) in [6, 6.07) is 14.1. The first-order valence-electron chi connectivity index (χ1n) is 7.29. The largest absolute Gasteiger partial charge is 0.437 e. The minimum absolute atomic E-state index is 0.130. The number of nitrogen functional groups attached to an aromatic ring is 1. The third-order valence-corrected chi connectivity index (χ3v) is 3.21. The zero-order valence-electron chi connectivity index (χ0n) is 12.9. The average molecular weight is 339 g/mol. The molecule has 0 aliphatic rings. The van der Waals surface area contributed by atoms with Gasteiger partial charge in [-0.25, -0.2) is 9.37 Å². The number of halogens is 1. The summed E-state index contributed by atoms with van der Waals surface area (Å²) in [6.07, 6.45) is 1.25. The number of nitrogens with two attached hydrogens (primary N) is 1. The number of carbonyl (C=O) groups excluding carboxylic acids is 1. The summed E-state index contributed by atoms with van der Waals surface area (Å²) in [6.45, 7) is 0. The molecular weight excluding hydrogens is 325 g/mol. The lowest BCUT2D eigenvalue weighted by atomic mass is 10.2. The van der Waals surface area contributed by atoms with E-state index in [1.54, 1.807) is 12.1 Å². The molecule has 1 aromatic heterocycles. The number of para-hydroxylation sites is 1. The predicted molar refractivity (Wildman–Crippen MR) is 90.4 cm³/mol. The highest BCUT2D eigenvalue weighted by Gasteiger charge is 2.12. The molecular formula is C17H14FN5O2. The molecule has 3 rings (SSSR count). The molecule has 1 amide bonds. The van der Waals surface area contributed by atoms with Gasteiger partial charge in [-0.15, -0.1) is 0 Å². The molecule has 2 aromatic carbocycles. The van der Waals surface area contributed by atoms with Crippen molar-refractivity contribution < 1.29 is 13.9 Å². The van der Waals surface area contributed by atoms with Crippen molar-refractivity contribution in [2.75, 3.05) is 11.2 Å². The van der Waals surface area contributed by atoms with Gasteiger partial charge in [0.25, 0.3) is 5.91 Å². The number of nitrogens with zero attached hydrogens (tertiary/aromatic N) is 2. The van der Waals surface area contributed by atoms with Crippen molar-refractivity contribution in [1.82, 2.24) is 15.4 Å². The summed E-state index contributed by atoms with van der Waals surface area (Å²) in [5.41, 5.74) is 11.4. The van der Waals surface area contributed by atoms with E-state index in [9.17, 15) is 9.18 Å². The molecule has 0 bridgehead atoms. The molecule has 0 atom stereocenters. The third-order valence-electron chi connectivity index (χ3n) is 3.21. The molecule has 0 aliphatic heterocycles. The number of hydrazine groups is 1. The fraction of sp³-hybridized carbons (Fsp3) is 0. The molecule has 4 N–H and O–H groups in total. The van der Waals surface area contributed by atoms with Gasteiger partial charge in [0.1, 0.15) is 23.6 Å². The molecule has 0 spiro atoms. The van der Waals surface area contributed by atoms with E-state index in [1.165, 1.54) is 30.6 Å². The van der Waals surface area contributed by atoms with Crippen LogP contribution in [0.15, 0.2) is 60.9 Å². The SMILES string of the molecule is Nc1c(NNC(=O)c2ccc(F)cc2)ncnc1Oc1ccccc1. The Labute approximate surface area is 142 Å². The Morgan fingerprint density at radius 3 is 2.48 bits per heavy atom. The quantitative estimate of drug-likeness (QED) is 0.618. The standard InChI is InChI=1S/C17H14FN5O2/c18-12-8-6-11(7-9-12)16(24)23-22-15-14(19)17(21-10-20-15)25-13-4-2-1-3-5-13/h1-10H,19H2,(H,23,24)(H,20,21,22). The number of ether oxygens (including phenoxy) is 1. The molecule has 7 nitrogen and oxygen atoms in total. The van der Waals surface area contributed by atoms with Crippen LogP contribution in [-0.2, 0) is 0 Å². The van der Waals surface area contributed by atoms with Crippen LogP contribution in [0.1, 0.15) is 10.4 Å². The predicted octanol–water partition coefficient (Wildman–Crippen LogP) is 2.75.